The molecule has 2 fully saturated rings. The van der Waals surface area contributed by atoms with E-state index in [2.05, 4.69) is 10.1 Å². The maximum absolute atomic E-state index is 13.4. The van der Waals surface area contributed by atoms with E-state index in [4.69, 9.17) is 10.3 Å². The van der Waals surface area contributed by atoms with Crippen molar-refractivity contribution in [3.8, 4) is 0 Å². The Kier molecular flexibility index (Phi) is 3.38. The van der Waals surface area contributed by atoms with Crippen molar-refractivity contribution in [3.05, 3.63) is 41.5 Å². The van der Waals surface area contributed by atoms with E-state index in [0.29, 0.717) is 11.7 Å². The molecule has 1 aliphatic heterocycles. The first kappa shape index (κ1) is 15.2. The molecule has 1 aromatic carbocycles. The largest absolute Gasteiger partial charge is 0.339 e. The standard InChI is InChI=1S/C16H16F2N4O2/c17-10-5-11(18)7-12(6-10)22-8-9(4-13(22)23)14-20-15(21-24-14)16(19)2-1-3-16/h5-7,9H,1-4,8,19H2. The summed E-state index contributed by atoms with van der Waals surface area (Å²) in [4.78, 5) is 17.9. The molecule has 8 heteroatoms. The Hall–Kier alpha value is -2.35. The third kappa shape index (κ3) is 2.47. The van der Waals surface area contributed by atoms with Gasteiger partial charge in [0.05, 0.1) is 11.5 Å². The summed E-state index contributed by atoms with van der Waals surface area (Å²) in [6, 6.07) is 3.03. The molecule has 1 aromatic heterocycles. The molecule has 0 bridgehead atoms. The van der Waals surface area contributed by atoms with Crippen molar-refractivity contribution in [1.82, 2.24) is 10.1 Å². The van der Waals surface area contributed by atoms with Crippen LogP contribution in [0.5, 0.6) is 0 Å². The number of carbonyl (C=O) groups is 1. The zero-order valence-electron chi connectivity index (χ0n) is 12.8. The van der Waals surface area contributed by atoms with Crippen molar-refractivity contribution in [2.24, 2.45) is 5.73 Å². The molecule has 0 radical (unpaired) electrons. The topological polar surface area (TPSA) is 85.2 Å². The summed E-state index contributed by atoms with van der Waals surface area (Å²) < 4.78 is 32.0. The summed E-state index contributed by atoms with van der Waals surface area (Å²) >= 11 is 0. The Labute approximate surface area is 136 Å². The van der Waals surface area contributed by atoms with Gasteiger partial charge >= 0.3 is 0 Å². The number of amides is 1. The van der Waals surface area contributed by atoms with Crippen molar-refractivity contribution in [3.63, 3.8) is 0 Å². The molecule has 2 heterocycles. The predicted octanol–water partition coefficient (Wildman–Crippen LogP) is 2.21. The lowest BCUT2D eigenvalue weighted by atomic mass is 9.77. The predicted molar refractivity (Wildman–Crippen MR) is 80.1 cm³/mol. The van der Waals surface area contributed by atoms with E-state index in [1.54, 1.807) is 0 Å². The van der Waals surface area contributed by atoms with Crippen LogP contribution in [0.1, 0.15) is 43.3 Å². The number of carbonyl (C=O) groups excluding carboxylic acids is 1. The minimum atomic E-state index is -0.726. The summed E-state index contributed by atoms with van der Waals surface area (Å²) in [6.07, 6.45) is 2.80. The smallest absolute Gasteiger partial charge is 0.232 e. The van der Waals surface area contributed by atoms with Crippen LogP contribution in [0.25, 0.3) is 0 Å². The molecule has 1 saturated heterocycles. The van der Waals surface area contributed by atoms with Gasteiger partial charge in [-0.15, -0.1) is 0 Å². The SMILES string of the molecule is NC1(c2noc(C3CC(=O)N(c4cc(F)cc(F)c4)C3)n2)CCC1. The van der Waals surface area contributed by atoms with E-state index in [1.807, 2.05) is 0 Å². The number of halogens is 2. The number of aromatic nitrogens is 2. The lowest BCUT2D eigenvalue weighted by molar-refractivity contribution is -0.117. The van der Waals surface area contributed by atoms with E-state index < -0.39 is 17.2 Å². The first-order valence-corrected chi connectivity index (χ1v) is 7.84. The first-order chi connectivity index (χ1) is 11.4. The molecule has 2 N–H and O–H groups in total. The van der Waals surface area contributed by atoms with Crippen molar-refractivity contribution >= 4 is 11.6 Å². The van der Waals surface area contributed by atoms with Crippen LogP contribution in [0, 0.1) is 11.6 Å². The highest BCUT2D eigenvalue weighted by molar-refractivity contribution is 5.96. The quantitative estimate of drug-likeness (QED) is 0.930. The van der Waals surface area contributed by atoms with E-state index >= 15 is 0 Å². The summed E-state index contributed by atoms with van der Waals surface area (Å²) in [5.41, 5.74) is 5.83. The second-order valence-corrected chi connectivity index (χ2v) is 6.50. The number of hydrogen-bond donors (Lipinski definition) is 1. The van der Waals surface area contributed by atoms with Gasteiger partial charge < -0.3 is 15.2 Å². The molecule has 2 aromatic rings. The van der Waals surface area contributed by atoms with Crippen molar-refractivity contribution in [2.75, 3.05) is 11.4 Å². The van der Waals surface area contributed by atoms with Crippen LogP contribution in [0.15, 0.2) is 22.7 Å². The molecule has 1 atom stereocenters. The van der Waals surface area contributed by atoms with E-state index in [1.165, 1.54) is 4.90 Å². The van der Waals surface area contributed by atoms with Crippen LogP contribution in [0.4, 0.5) is 14.5 Å². The first-order valence-electron chi connectivity index (χ1n) is 7.84. The molecule has 2 aliphatic rings. The van der Waals surface area contributed by atoms with Crippen LogP contribution >= 0.6 is 0 Å². The molecule has 1 saturated carbocycles. The number of benzene rings is 1. The van der Waals surface area contributed by atoms with Crippen LogP contribution in [0.2, 0.25) is 0 Å². The van der Waals surface area contributed by atoms with Crippen molar-refractivity contribution < 1.29 is 18.1 Å². The van der Waals surface area contributed by atoms with E-state index in [-0.39, 0.29) is 30.5 Å². The molecular weight excluding hydrogens is 318 g/mol. The van der Waals surface area contributed by atoms with Gasteiger partial charge in [-0.05, 0) is 31.4 Å². The normalized spacial score (nSPS) is 22.7. The maximum atomic E-state index is 13.4. The highest BCUT2D eigenvalue weighted by atomic mass is 19.1. The lowest BCUT2D eigenvalue weighted by Crippen LogP contribution is -2.44. The fourth-order valence-corrected chi connectivity index (χ4v) is 3.20. The molecule has 6 nitrogen and oxygen atoms in total. The van der Waals surface area contributed by atoms with Crippen LogP contribution in [-0.2, 0) is 10.3 Å². The van der Waals surface area contributed by atoms with Gasteiger partial charge in [0.25, 0.3) is 0 Å². The van der Waals surface area contributed by atoms with Crippen molar-refractivity contribution in [2.45, 2.75) is 37.1 Å². The number of hydrogen-bond acceptors (Lipinski definition) is 5. The minimum absolute atomic E-state index is 0.150. The minimum Gasteiger partial charge on any atom is -0.339 e. The van der Waals surface area contributed by atoms with Crippen LogP contribution in [0.3, 0.4) is 0 Å². The highest BCUT2D eigenvalue weighted by Crippen LogP contribution is 2.38. The van der Waals surface area contributed by atoms with Gasteiger partial charge in [0.2, 0.25) is 11.8 Å². The second kappa shape index (κ2) is 5.34. The molecule has 1 amide bonds. The summed E-state index contributed by atoms with van der Waals surface area (Å²) in [6.45, 7) is 0.237. The Balaban J connectivity index is 1.56. The van der Waals surface area contributed by atoms with E-state index in [9.17, 15) is 13.6 Å². The Bertz CT molecular complexity index is 783. The zero-order valence-corrected chi connectivity index (χ0v) is 12.8. The van der Waals surface area contributed by atoms with Gasteiger partial charge in [-0.3, -0.25) is 4.79 Å². The molecule has 0 spiro atoms. The number of nitrogens with two attached hydrogens (primary N) is 1. The highest BCUT2D eigenvalue weighted by Gasteiger charge is 2.41. The lowest BCUT2D eigenvalue weighted by Gasteiger charge is -2.34. The maximum Gasteiger partial charge on any atom is 0.232 e. The van der Waals surface area contributed by atoms with Gasteiger partial charge in [-0.2, -0.15) is 4.98 Å². The van der Waals surface area contributed by atoms with Gasteiger partial charge in [0.15, 0.2) is 5.82 Å². The molecule has 1 unspecified atom stereocenters. The molecule has 1 aliphatic carbocycles. The van der Waals surface area contributed by atoms with Crippen LogP contribution < -0.4 is 10.6 Å². The monoisotopic (exact) mass is 334 g/mol. The van der Waals surface area contributed by atoms with Crippen LogP contribution in [-0.4, -0.2) is 22.6 Å². The van der Waals surface area contributed by atoms with Crippen molar-refractivity contribution in [1.29, 1.82) is 0 Å². The fraction of sp³-hybridized carbons (Fsp3) is 0.438. The summed E-state index contributed by atoms with van der Waals surface area (Å²) in [5, 5.41) is 3.94. The molecule has 4 rings (SSSR count). The summed E-state index contributed by atoms with van der Waals surface area (Å²) in [7, 11) is 0. The fourth-order valence-electron chi connectivity index (χ4n) is 3.20. The average molecular weight is 334 g/mol. The molecular formula is C16H16F2N4O2. The number of anilines is 1. The van der Waals surface area contributed by atoms with Gasteiger partial charge in [0.1, 0.15) is 11.6 Å². The molecule has 126 valence electrons. The van der Waals surface area contributed by atoms with Gasteiger partial charge in [-0.1, -0.05) is 5.16 Å². The molecule has 24 heavy (non-hydrogen) atoms. The summed E-state index contributed by atoms with van der Waals surface area (Å²) in [5.74, 6) is -1.20. The van der Waals surface area contributed by atoms with E-state index in [0.717, 1.165) is 37.5 Å². The Morgan fingerprint density at radius 1 is 1.25 bits per heavy atom. The Morgan fingerprint density at radius 3 is 2.58 bits per heavy atom. The average Bonchev–Trinajstić information content (AvgIpc) is 3.10. The van der Waals surface area contributed by atoms with Gasteiger partial charge in [-0.25, -0.2) is 8.78 Å². The number of nitrogens with zero attached hydrogens (tertiary/aromatic N) is 3. The second-order valence-electron chi connectivity index (χ2n) is 6.50. The third-order valence-corrected chi connectivity index (χ3v) is 4.77. The zero-order chi connectivity index (χ0) is 16.9. The Morgan fingerprint density at radius 2 is 1.96 bits per heavy atom. The number of rotatable bonds is 3. The third-order valence-electron chi connectivity index (χ3n) is 4.77. The van der Waals surface area contributed by atoms with Gasteiger partial charge in [0, 0.05) is 24.7 Å².